The minimum atomic E-state index is -3.57. The maximum absolute atomic E-state index is 12.1. The molecule has 0 radical (unpaired) electrons. The van der Waals surface area contributed by atoms with Gasteiger partial charge in [0.05, 0.1) is 11.9 Å². The lowest BCUT2D eigenvalue weighted by Crippen LogP contribution is -2.19. The molecule has 1 aliphatic heterocycles. The summed E-state index contributed by atoms with van der Waals surface area (Å²) in [5, 5.41) is 19.8. The van der Waals surface area contributed by atoms with E-state index in [1.807, 2.05) is 0 Å². The molecular weight excluding hydrogens is 350 g/mol. The van der Waals surface area contributed by atoms with Crippen molar-refractivity contribution in [2.24, 2.45) is 0 Å². The Morgan fingerprint density at radius 1 is 1.44 bits per heavy atom. The van der Waals surface area contributed by atoms with Crippen molar-refractivity contribution in [3.8, 4) is 22.8 Å². The molecule has 2 N–H and O–H groups in total. The zero-order valence-electron chi connectivity index (χ0n) is 12.8. The molecule has 1 atom stereocenters. The van der Waals surface area contributed by atoms with E-state index in [9.17, 15) is 13.2 Å². The number of rotatable bonds is 4. The van der Waals surface area contributed by atoms with Gasteiger partial charge in [0.1, 0.15) is 5.75 Å². The summed E-state index contributed by atoms with van der Waals surface area (Å²) in [5.41, 5.74) is 0.0460. The predicted molar refractivity (Wildman–Crippen MR) is 84.9 cm³/mol. The molecule has 1 aromatic heterocycles. The molecule has 1 saturated heterocycles. The van der Waals surface area contributed by atoms with Gasteiger partial charge in [-0.3, -0.25) is 0 Å². The maximum Gasteiger partial charge on any atom is 0.362 e. The number of nitrogens with zero attached hydrogens (tertiary/aromatic N) is 2. The van der Waals surface area contributed by atoms with Gasteiger partial charge in [-0.15, -0.1) is 5.10 Å². The monoisotopic (exact) mass is 363 g/mol. The van der Waals surface area contributed by atoms with Crippen molar-refractivity contribution >= 4 is 15.8 Å². The number of carbonyl (C=O) groups is 1. The summed E-state index contributed by atoms with van der Waals surface area (Å²) in [5.74, 6) is 1.43. The van der Waals surface area contributed by atoms with Crippen LogP contribution in [0.3, 0.4) is 0 Å². The highest BCUT2D eigenvalue weighted by Crippen LogP contribution is 2.22. The molecule has 25 heavy (non-hydrogen) atoms. The fourth-order valence-electron chi connectivity index (χ4n) is 2.16. The van der Waals surface area contributed by atoms with E-state index in [0.717, 1.165) is 0 Å². The van der Waals surface area contributed by atoms with Gasteiger partial charge in [-0.25, -0.2) is 18.3 Å². The second kappa shape index (κ2) is 6.92. The molecule has 1 aliphatic rings. The summed E-state index contributed by atoms with van der Waals surface area (Å²) < 4.78 is 34.6. The number of nitrogens with one attached hydrogen (secondary N) is 1. The molecule has 0 amide bonds. The Hall–Kier alpha value is -2.90. The summed E-state index contributed by atoms with van der Waals surface area (Å²) in [6, 6.07) is 6.27. The zero-order chi connectivity index (χ0) is 17.9. The van der Waals surface area contributed by atoms with Gasteiger partial charge in [0, 0.05) is 17.4 Å². The van der Waals surface area contributed by atoms with E-state index < -0.39 is 21.1 Å². The van der Waals surface area contributed by atoms with Crippen molar-refractivity contribution in [2.75, 3.05) is 13.2 Å². The average Bonchev–Trinajstić information content (AvgIpc) is 3.25. The van der Waals surface area contributed by atoms with Crippen LogP contribution < -0.4 is 4.74 Å². The van der Waals surface area contributed by atoms with E-state index in [-0.39, 0.29) is 23.9 Å². The third-order valence-electron chi connectivity index (χ3n) is 3.44. The van der Waals surface area contributed by atoms with Crippen molar-refractivity contribution in [1.29, 1.82) is 0 Å². The number of aromatic carboxylic acids is 1. The topological polar surface area (TPSA) is 131 Å². The summed E-state index contributed by atoms with van der Waals surface area (Å²) in [4.78, 5) is 11.0. The Balaban J connectivity index is 1.79. The molecule has 1 unspecified atom stereocenters. The lowest BCUT2D eigenvalue weighted by molar-refractivity contribution is 0.0687. The average molecular weight is 363 g/mol. The lowest BCUT2D eigenvalue weighted by atomic mass is 10.2. The number of carboxylic acids is 1. The zero-order valence-corrected chi connectivity index (χ0v) is 13.6. The van der Waals surface area contributed by atoms with Crippen LogP contribution in [0.1, 0.15) is 22.5 Å². The van der Waals surface area contributed by atoms with Crippen LogP contribution in [0.15, 0.2) is 24.3 Å². The lowest BCUT2D eigenvalue weighted by Gasteiger charge is -2.04. The fraction of sp³-hybridized carbons (Fsp3) is 0.267. The predicted octanol–water partition coefficient (Wildman–Crippen LogP) is 0.808. The summed E-state index contributed by atoms with van der Waals surface area (Å²) in [6.45, 7) is 0.573. The van der Waals surface area contributed by atoms with E-state index in [1.54, 1.807) is 18.2 Å². The summed E-state index contributed by atoms with van der Waals surface area (Å²) >= 11 is 0. The Bertz CT molecular complexity index is 951. The SMILES string of the molecule is O=C(O)c1nn[nH]c1Oc1cccc(C#CS(=O)(=O)C2CCOC2)c1. The van der Waals surface area contributed by atoms with E-state index in [0.29, 0.717) is 18.6 Å². The van der Waals surface area contributed by atoms with Crippen molar-refractivity contribution in [3.63, 3.8) is 0 Å². The number of hydrogen-bond acceptors (Lipinski definition) is 7. The third kappa shape index (κ3) is 3.96. The number of aromatic nitrogens is 3. The standard InChI is InChI=1S/C15H13N3O6S/c19-15(20)13-14(17-18-16-13)24-11-3-1-2-10(8-11)5-7-25(21,22)12-4-6-23-9-12/h1-3,8,12H,4,6,9H2,(H,19,20)(H,16,17,18). The molecular formula is C15H13N3O6S. The van der Waals surface area contributed by atoms with Crippen LogP contribution in [-0.4, -0.2) is 53.4 Å². The van der Waals surface area contributed by atoms with Crippen LogP contribution in [0, 0.1) is 11.2 Å². The molecule has 0 saturated carbocycles. The maximum atomic E-state index is 12.1. The molecule has 2 aromatic rings. The van der Waals surface area contributed by atoms with Gasteiger partial charge in [0.2, 0.25) is 15.5 Å². The molecule has 0 spiro atoms. The van der Waals surface area contributed by atoms with Crippen LogP contribution in [-0.2, 0) is 14.6 Å². The quantitative estimate of drug-likeness (QED) is 0.763. The number of benzene rings is 1. The van der Waals surface area contributed by atoms with E-state index >= 15 is 0 Å². The van der Waals surface area contributed by atoms with Crippen molar-refractivity contribution in [3.05, 3.63) is 35.5 Å². The van der Waals surface area contributed by atoms with Gasteiger partial charge in [-0.1, -0.05) is 11.3 Å². The summed E-state index contributed by atoms with van der Waals surface area (Å²) in [6.07, 6.45) is 0.435. The van der Waals surface area contributed by atoms with Crippen molar-refractivity contribution < 1.29 is 27.8 Å². The Morgan fingerprint density at radius 2 is 2.28 bits per heavy atom. The molecule has 0 aliphatic carbocycles. The van der Waals surface area contributed by atoms with Crippen molar-refractivity contribution in [2.45, 2.75) is 11.7 Å². The van der Waals surface area contributed by atoms with Gasteiger partial charge in [-0.05, 0) is 30.5 Å². The highest BCUT2D eigenvalue weighted by molar-refractivity contribution is 7.96. The van der Waals surface area contributed by atoms with Gasteiger partial charge >= 0.3 is 5.97 Å². The Morgan fingerprint density at radius 3 is 3.00 bits per heavy atom. The molecule has 1 aromatic carbocycles. The first kappa shape index (κ1) is 16.9. The van der Waals surface area contributed by atoms with E-state index in [4.69, 9.17) is 14.6 Å². The first-order chi connectivity index (χ1) is 12.0. The molecule has 1 fully saturated rings. The van der Waals surface area contributed by atoms with Gasteiger partial charge < -0.3 is 14.6 Å². The third-order valence-corrected chi connectivity index (χ3v) is 5.07. The number of ether oxygens (including phenoxy) is 2. The Kier molecular flexibility index (Phi) is 4.69. The smallest absolute Gasteiger partial charge is 0.362 e. The normalized spacial score (nSPS) is 16.9. The molecule has 3 rings (SSSR count). The van der Waals surface area contributed by atoms with Crippen molar-refractivity contribution in [1.82, 2.24) is 15.4 Å². The first-order valence-corrected chi connectivity index (χ1v) is 8.77. The van der Waals surface area contributed by atoms with Crippen LogP contribution in [0.2, 0.25) is 0 Å². The van der Waals surface area contributed by atoms with Gasteiger partial charge in [0.15, 0.2) is 0 Å². The van der Waals surface area contributed by atoms with Crippen LogP contribution in [0.25, 0.3) is 0 Å². The van der Waals surface area contributed by atoms with Gasteiger partial charge in [-0.2, -0.15) is 0 Å². The number of hydrogen-bond donors (Lipinski definition) is 2. The highest BCUT2D eigenvalue weighted by Gasteiger charge is 2.27. The molecule has 0 bridgehead atoms. The van der Waals surface area contributed by atoms with Crippen LogP contribution >= 0.6 is 0 Å². The van der Waals surface area contributed by atoms with Gasteiger partial charge in [0.25, 0.3) is 5.88 Å². The molecule has 9 nitrogen and oxygen atoms in total. The van der Waals surface area contributed by atoms with Crippen LogP contribution in [0.5, 0.6) is 11.6 Å². The number of aromatic amines is 1. The number of H-pyrrole nitrogens is 1. The largest absolute Gasteiger partial charge is 0.476 e. The number of carboxylic acid groups (broad SMARTS) is 1. The van der Waals surface area contributed by atoms with E-state index in [2.05, 4.69) is 26.6 Å². The van der Waals surface area contributed by atoms with Crippen LogP contribution in [0.4, 0.5) is 0 Å². The second-order valence-corrected chi connectivity index (χ2v) is 7.14. The van der Waals surface area contributed by atoms with E-state index in [1.165, 1.54) is 6.07 Å². The Labute approximate surface area is 142 Å². The minimum absolute atomic E-state index is 0.131. The number of sulfone groups is 1. The first-order valence-electron chi connectivity index (χ1n) is 7.22. The fourth-order valence-corrected chi connectivity index (χ4v) is 3.26. The minimum Gasteiger partial charge on any atom is -0.476 e. The molecule has 10 heteroatoms. The molecule has 130 valence electrons. The second-order valence-electron chi connectivity index (χ2n) is 5.18. The summed E-state index contributed by atoms with van der Waals surface area (Å²) in [7, 11) is -3.57. The highest BCUT2D eigenvalue weighted by atomic mass is 32.2. The molecule has 2 heterocycles.